The topological polar surface area (TPSA) is 92.1 Å². The molecule has 0 aliphatic heterocycles. The molecule has 0 unspecified atom stereocenters. The third-order valence-corrected chi connectivity index (χ3v) is 3.65. The number of aromatic amines is 1. The van der Waals surface area contributed by atoms with E-state index in [2.05, 4.69) is 9.97 Å². The molecular weight excluding hydrogens is 315 g/mol. The van der Waals surface area contributed by atoms with Gasteiger partial charge in [-0.1, -0.05) is 12.1 Å². The molecule has 0 saturated heterocycles. The lowest BCUT2D eigenvalue weighted by Crippen LogP contribution is -2.18. The zero-order valence-corrected chi connectivity index (χ0v) is 12.7. The van der Waals surface area contributed by atoms with Gasteiger partial charge >= 0.3 is 0 Å². The van der Waals surface area contributed by atoms with E-state index in [1.807, 2.05) is 0 Å². The fourth-order valence-electron chi connectivity index (χ4n) is 2.54. The molecule has 24 heavy (non-hydrogen) atoms. The Morgan fingerprint density at radius 3 is 2.83 bits per heavy atom. The molecule has 0 aliphatic rings. The average molecular weight is 328 g/mol. The van der Waals surface area contributed by atoms with Crippen LogP contribution >= 0.6 is 0 Å². The van der Waals surface area contributed by atoms with Crippen LogP contribution < -0.4 is 10.5 Å². The van der Waals surface area contributed by atoms with Crippen molar-refractivity contribution in [2.45, 2.75) is 6.54 Å². The van der Waals surface area contributed by atoms with Gasteiger partial charge in [0.1, 0.15) is 11.5 Å². The van der Waals surface area contributed by atoms with E-state index in [9.17, 15) is 19.3 Å². The summed E-state index contributed by atoms with van der Waals surface area (Å²) in [5.74, 6) is -0.373. The van der Waals surface area contributed by atoms with Gasteiger partial charge in [0.2, 0.25) is 0 Å². The molecule has 0 saturated carbocycles. The van der Waals surface area contributed by atoms with Crippen LogP contribution in [0.15, 0.2) is 47.5 Å². The molecule has 0 radical (unpaired) electrons. The first kappa shape index (κ1) is 15.6. The first-order valence-electron chi connectivity index (χ1n) is 7.07. The van der Waals surface area contributed by atoms with Crippen LogP contribution in [-0.4, -0.2) is 21.9 Å². The minimum absolute atomic E-state index is 0.145. The molecule has 3 aromatic rings. The second kappa shape index (κ2) is 6.07. The number of hydrogen-bond donors (Lipinski definition) is 1. The van der Waals surface area contributed by atoms with Crippen molar-refractivity contribution in [1.82, 2.24) is 9.97 Å². The average Bonchev–Trinajstić information content (AvgIpc) is 2.54. The normalized spacial score (nSPS) is 10.8. The van der Waals surface area contributed by atoms with Crippen molar-refractivity contribution in [1.29, 1.82) is 0 Å². The molecular formula is C16H13FN4O3. The van der Waals surface area contributed by atoms with Gasteiger partial charge < -0.3 is 9.88 Å². The van der Waals surface area contributed by atoms with Gasteiger partial charge in [0.15, 0.2) is 0 Å². The van der Waals surface area contributed by atoms with Crippen molar-refractivity contribution >= 4 is 22.3 Å². The molecule has 0 atom stereocenters. The Morgan fingerprint density at radius 2 is 2.12 bits per heavy atom. The van der Waals surface area contributed by atoms with E-state index in [0.29, 0.717) is 16.8 Å². The molecule has 1 aromatic heterocycles. The number of anilines is 1. The first-order chi connectivity index (χ1) is 11.5. The Kier molecular flexibility index (Phi) is 3.95. The van der Waals surface area contributed by atoms with E-state index in [1.54, 1.807) is 24.1 Å². The summed E-state index contributed by atoms with van der Waals surface area (Å²) in [7, 11) is 1.66. The zero-order valence-electron chi connectivity index (χ0n) is 12.7. The fourth-order valence-corrected chi connectivity index (χ4v) is 2.54. The molecule has 0 aliphatic carbocycles. The summed E-state index contributed by atoms with van der Waals surface area (Å²) in [6, 6.07) is 8.70. The second-order valence-electron chi connectivity index (χ2n) is 5.33. The predicted octanol–water partition coefficient (Wildman–Crippen LogP) is 2.61. The number of rotatable bonds is 4. The van der Waals surface area contributed by atoms with E-state index in [1.165, 1.54) is 30.6 Å². The summed E-state index contributed by atoms with van der Waals surface area (Å²) in [4.78, 5) is 30.7. The van der Waals surface area contributed by atoms with Crippen LogP contribution in [0.3, 0.4) is 0 Å². The van der Waals surface area contributed by atoms with E-state index in [0.717, 1.165) is 0 Å². The van der Waals surface area contributed by atoms with E-state index < -0.39 is 10.5 Å². The molecule has 8 heteroatoms. The van der Waals surface area contributed by atoms with Crippen LogP contribution in [0.2, 0.25) is 0 Å². The summed E-state index contributed by atoms with van der Waals surface area (Å²) in [5, 5.41) is 11.5. The maximum Gasteiger partial charge on any atom is 0.293 e. The van der Waals surface area contributed by atoms with Gasteiger partial charge in [0.05, 0.1) is 22.2 Å². The number of H-pyrrole nitrogens is 1. The molecule has 7 nitrogen and oxygen atoms in total. The van der Waals surface area contributed by atoms with Crippen LogP contribution in [0.25, 0.3) is 10.9 Å². The lowest BCUT2D eigenvalue weighted by molar-refractivity contribution is -0.384. The van der Waals surface area contributed by atoms with Crippen molar-refractivity contribution in [2.24, 2.45) is 0 Å². The van der Waals surface area contributed by atoms with Crippen molar-refractivity contribution in [3.05, 3.63) is 74.6 Å². The minimum atomic E-state index is -0.552. The van der Waals surface area contributed by atoms with Crippen LogP contribution in [0.5, 0.6) is 0 Å². The number of nitro benzene ring substituents is 1. The van der Waals surface area contributed by atoms with E-state index >= 15 is 0 Å². The quantitative estimate of drug-likeness (QED) is 0.587. The molecule has 122 valence electrons. The monoisotopic (exact) mass is 328 g/mol. The van der Waals surface area contributed by atoms with Gasteiger partial charge in [0, 0.05) is 19.7 Å². The highest BCUT2D eigenvalue weighted by atomic mass is 19.1. The van der Waals surface area contributed by atoms with Gasteiger partial charge in [-0.3, -0.25) is 14.9 Å². The van der Waals surface area contributed by atoms with Crippen LogP contribution in [0.4, 0.5) is 15.8 Å². The minimum Gasteiger partial charge on any atom is -0.365 e. The molecule has 1 N–H and O–H groups in total. The third-order valence-electron chi connectivity index (χ3n) is 3.65. The highest BCUT2D eigenvalue weighted by Gasteiger charge is 2.20. The number of benzene rings is 2. The van der Waals surface area contributed by atoms with E-state index in [-0.39, 0.29) is 23.4 Å². The number of nitrogens with one attached hydrogen (secondary N) is 1. The Labute approximate surface area is 135 Å². The lowest BCUT2D eigenvalue weighted by Gasteiger charge is -2.19. The van der Waals surface area contributed by atoms with Crippen LogP contribution in [-0.2, 0) is 6.54 Å². The Balaban J connectivity index is 2.08. The molecule has 1 heterocycles. The highest BCUT2D eigenvalue weighted by Crippen LogP contribution is 2.31. The number of nitrogens with zero attached hydrogens (tertiary/aromatic N) is 3. The van der Waals surface area contributed by atoms with Gasteiger partial charge in [-0.2, -0.15) is 0 Å². The van der Waals surface area contributed by atoms with Crippen LogP contribution in [0.1, 0.15) is 5.56 Å². The maximum absolute atomic E-state index is 13.3. The van der Waals surface area contributed by atoms with E-state index in [4.69, 9.17) is 0 Å². The molecule has 0 amide bonds. The number of fused-ring (bicyclic) bond motifs is 1. The van der Waals surface area contributed by atoms with Crippen molar-refractivity contribution < 1.29 is 9.31 Å². The highest BCUT2D eigenvalue weighted by molar-refractivity contribution is 5.86. The maximum atomic E-state index is 13.3. The second-order valence-corrected chi connectivity index (χ2v) is 5.33. The van der Waals surface area contributed by atoms with Crippen molar-refractivity contribution in [3.63, 3.8) is 0 Å². The predicted molar refractivity (Wildman–Crippen MR) is 87.5 cm³/mol. The van der Waals surface area contributed by atoms with Gasteiger partial charge in [0.25, 0.3) is 11.2 Å². The fraction of sp³-hybridized carbons (Fsp3) is 0.125. The molecule has 0 bridgehead atoms. The molecule has 3 rings (SSSR count). The number of halogens is 1. The van der Waals surface area contributed by atoms with Crippen LogP contribution in [0, 0.1) is 15.9 Å². The summed E-state index contributed by atoms with van der Waals surface area (Å²) < 4.78 is 13.3. The van der Waals surface area contributed by atoms with Crippen molar-refractivity contribution in [3.8, 4) is 0 Å². The summed E-state index contributed by atoms with van der Waals surface area (Å²) in [6.45, 7) is 0.271. The number of hydrogen-bond acceptors (Lipinski definition) is 5. The standard InChI is InChI=1S/C16H13FN4O3/c1-20(8-10-3-2-4-11(17)5-10)14-7-13-12(6-15(14)21(23)24)16(22)19-9-18-13/h2-7,9H,8H2,1H3,(H,18,19,22). The largest absolute Gasteiger partial charge is 0.365 e. The SMILES string of the molecule is CN(Cc1cccc(F)c1)c1cc2nc[nH]c(=O)c2cc1[N+](=O)[O-]. The Hall–Kier alpha value is -3.29. The lowest BCUT2D eigenvalue weighted by atomic mass is 10.1. The third kappa shape index (κ3) is 2.94. The molecule has 2 aromatic carbocycles. The first-order valence-corrected chi connectivity index (χ1v) is 7.07. The van der Waals surface area contributed by atoms with Gasteiger partial charge in [-0.15, -0.1) is 0 Å². The summed E-state index contributed by atoms with van der Waals surface area (Å²) in [6.07, 6.45) is 1.24. The Bertz CT molecular complexity index is 986. The molecule has 0 fully saturated rings. The van der Waals surface area contributed by atoms with Crippen molar-refractivity contribution in [2.75, 3.05) is 11.9 Å². The Morgan fingerprint density at radius 1 is 1.33 bits per heavy atom. The molecule has 0 spiro atoms. The smallest absolute Gasteiger partial charge is 0.293 e. The van der Waals surface area contributed by atoms with Gasteiger partial charge in [-0.05, 0) is 23.8 Å². The summed E-state index contributed by atoms with van der Waals surface area (Å²) >= 11 is 0. The summed E-state index contributed by atoms with van der Waals surface area (Å²) in [5.41, 5.74) is 0.674. The number of nitro groups is 1. The van der Waals surface area contributed by atoms with Gasteiger partial charge in [-0.25, -0.2) is 9.37 Å². The number of aromatic nitrogens is 2. The zero-order chi connectivity index (χ0) is 17.3.